The second-order valence-electron chi connectivity index (χ2n) is 4.79. The lowest BCUT2D eigenvalue weighted by Gasteiger charge is -2.21. The third-order valence-electron chi connectivity index (χ3n) is 2.50. The van der Waals surface area contributed by atoms with Crippen LogP contribution < -0.4 is 10.6 Å². The lowest BCUT2D eigenvalue weighted by molar-refractivity contribution is -0.122. The van der Waals surface area contributed by atoms with Gasteiger partial charge >= 0.3 is 0 Å². The molecule has 1 unspecified atom stereocenters. The van der Waals surface area contributed by atoms with Gasteiger partial charge in [0.25, 0.3) is 0 Å². The number of amides is 1. The first-order chi connectivity index (χ1) is 7.47. The summed E-state index contributed by atoms with van der Waals surface area (Å²) in [6, 6.07) is 0.489. The summed E-state index contributed by atoms with van der Waals surface area (Å²) in [5.74, 6) is 0.412. The normalized spacial score (nSPS) is 13.2. The average Bonchev–Trinajstić information content (AvgIpc) is 2.16. The van der Waals surface area contributed by atoms with Crippen molar-refractivity contribution in [2.75, 3.05) is 13.2 Å². The fourth-order valence-electron chi connectivity index (χ4n) is 1.46. The molecule has 0 saturated heterocycles. The predicted molar refractivity (Wildman–Crippen MR) is 66.2 cm³/mol. The number of carbonyl (C=O) groups excluding carboxylic acids is 1. The van der Waals surface area contributed by atoms with Gasteiger partial charge in [-0.3, -0.25) is 4.79 Å². The van der Waals surface area contributed by atoms with Crippen molar-refractivity contribution >= 4 is 5.91 Å². The first-order valence-corrected chi connectivity index (χ1v) is 6.11. The maximum Gasteiger partial charge on any atom is 0.221 e. The van der Waals surface area contributed by atoms with Gasteiger partial charge in [0, 0.05) is 31.7 Å². The molecule has 1 atom stereocenters. The molecule has 16 heavy (non-hydrogen) atoms. The Labute approximate surface area is 98.8 Å². The zero-order valence-electron chi connectivity index (χ0n) is 10.9. The van der Waals surface area contributed by atoms with Crippen molar-refractivity contribution in [1.29, 1.82) is 0 Å². The number of carbonyl (C=O) groups is 1. The highest BCUT2D eigenvalue weighted by molar-refractivity contribution is 5.76. The topological polar surface area (TPSA) is 61.4 Å². The van der Waals surface area contributed by atoms with E-state index in [1.165, 1.54) is 0 Å². The molecule has 0 aromatic rings. The van der Waals surface area contributed by atoms with Crippen molar-refractivity contribution in [3.05, 3.63) is 0 Å². The van der Waals surface area contributed by atoms with Crippen molar-refractivity contribution in [2.45, 2.75) is 52.6 Å². The molecule has 0 aliphatic carbocycles. The lowest BCUT2D eigenvalue weighted by atomic mass is 10.0. The molecule has 0 aliphatic rings. The summed E-state index contributed by atoms with van der Waals surface area (Å²) in [5, 5.41) is 15.0. The summed E-state index contributed by atoms with van der Waals surface area (Å²) in [4.78, 5) is 11.6. The number of nitrogens with one attached hydrogen (secondary N) is 2. The molecule has 1 amide bonds. The second kappa shape index (κ2) is 8.53. The van der Waals surface area contributed by atoms with Crippen LogP contribution in [-0.2, 0) is 4.79 Å². The zero-order valence-corrected chi connectivity index (χ0v) is 10.9. The van der Waals surface area contributed by atoms with Crippen LogP contribution in [0.2, 0.25) is 0 Å². The average molecular weight is 230 g/mol. The maximum atomic E-state index is 11.6. The highest BCUT2D eigenvalue weighted by Crippen LogP contribution is 2.05. The van der Waals surface area contributed by atoms with E-state index in [0.717, 1.165) is 0 Å². The van der Waals surface area contributed by atoms with Crippen LogP contribution in [0.5, 0.6) is 0 Å². The minimum absolute atomic E-state index is 0.0558. The van der Waals surface area contributed by atoms with Crippen LogP contribution in [0.4, 0.5) is 0 Å². The second-order valence-corrected chi connectivity index (χ2v) is 4.79. The van der Waals surface area contributed by atoms with E-state index in [-0.39, 0.29) is 18.6 Å². The van der Waals surface area contributed by atoms with Gasteiger partial charge in [-0.1, -0.05) is 27.7 Å². The molecular weight excluding hydrogens is 204 g/mol. The Balaban J connectivity index is 3.82. The minimum atomic E-state index is 0.0558. The van der Waals surface area contributed by atoms with Crippen LogP contribution in [0.25, 0.3) is 0 Å². The molecule has 3 N–H and O–H groups in total. The van der Waals surface area contributed by atoms with Gasteiger partial charge in [0.05, 0.1) is 0 Å². The van der Waals surface area contributed by atoms with Crippen molar-refractivity contribution in [3.8, 4) is 0 Å². The maximum absolute atomic E-state index is 11.6. The van der Waals surface area contributed by atoms with Gasteiger partial charge < -0.3 is 15.7 Å². The molecule has 0 rings (SSSR count). The number of aliphatic hydroxyl groups is 1. The molecule has 4 heteroatoms. The first kappa shape index (κ1) is 15.4. The van der Waals surface area contributed by atoms with Crippen LogP contribution in [0, 0.1) is 5.92 Å². The zero-order chi connectivity index (χ0) is 12.6. The quantitative estimate of drug-likeness (QED) is 0.580. The number of rotatable bonds is 8. The third kappa shape index (κ3) is 7.65. The molecule has 0 radical (unpaired) electrons. The molecule has 0 spiro atoms. The van der Waals surface area contributed by atoms with E-state index in [2.05, 4.69) is 24.5 Å². The van der Waals surface area contributed by atoms with Gasteiger partial charge in [-0.05, 0) is 12.3 Å². The molecule has 0 bridgehead atoms. The fourth-order valence-corrected chi connectivity index (χ4v) is 1.46. The van der Waals surface area contributed by atoms with Crippen molar-refractivity contribution < 1.29 is 9.90 Å². The fraction of sp³-hybridized carbons (Fsp3) is 0.917. The Bertz CT molecular complexity index is 193. The summed E-state index contributed by atoms with van der Waals surface area (Å²) in [6.45, 7) is 9.03. The Kier molecular flexibility index (Phi) is 8.21. The summed E-state index contributed by atoms with van der Waals surface area (Å²) in [6.07, 6.45) is 1.12. The van der Waals surface area contributed by atoms with Crippen molar-refractivity contribution in [2.24, 2.45) is 5.92 Å². The van der Waals surface area contributed by atoms with E-state index < -0.39 is 0 Å². The Morgan fingerprint density at radius 3 is 2.31 bits per heavy atom. The van der Waals surface area contributed by atoms with Gasteiger partial charge in [0.15, 0.2) is 0 Å². The molecule has 0 aliphatic heterocycles. The van der Waals surface area contributed by atoms with E-state index in [1.54, 1.807) is 0 Å². The molecule has 4 nitrogen and oxygen atoms in total. The molecule has 0 fully saturated rings. The van der Waals surface area contributed by atoms with Crippen LogP contribution in [0.1, 0.15) is 40.5 Å². The smallest absolute Gasteiger partial charge is 0.221 e. The van der Waals surface area contributed by atoms with E-state index in [1.807, 2.05) is 13.8 Å². The molecule has 0 heterocycles. The summed E-state index contributed by atoms with van der Waals surface area (Å²) in [5.41, 5.74) is 0. The van der Waals surface area contributed by atoms with Crippen molar-refractivity contribution in [3.63, 3.8) is 0 Å². The molecule has 0 saturated carbocycles. The highest BCUT2D eigenvalue weighted by atomic mass is 16.3. The van der Waals surface area contributed by atoms with Crippen molar-refractivity contribution in [1.82, 2.24) is 10.6 Å². The van der Waals surface area contributed by atoms with Gasteiger partial charge in [-0.15, -0.1) is 0 Å². The van der Waals surface area contributed by atoms with E-state index in [4.69, 9.17) is 5.11 Å². The van der Waals surface area contributed by atoms with Gasteiger partial charge in [-0.25, -0.2) is 0 Å². The summed E-state index contributed by atoms with van der Waals surface area (Å²) in [7, 11) is 0. The molecule has 0 aromatic carbocycles. The van der Waals surface area contributed by atoms with Gasteiger partial charge in [0.1, 0.15) is 0 Å². The van der Waals surface area contributed by atoms with Gasteiger partial charge in [-0.2, -0.15) is 0 Å². The number of hydrogen-bond donors (Lipinski definition) is 3. The third-order valence-corrected chi connectivity index (χ3v) is 2.50. The summed E-state index contributed by atoms with van der Waals surface area (Å²) < 4.78 is 0. The Morgan fingerprint density at radius 2 is 1.88 bits per heavy atom. The van der Waals surface area contributed by atoms with Crippen LogP contribution >= 0.6 is 0 Å². The monoisotopic (exact) mass is 230 g/mol. The SMILES string of the molecule is CC(C)NCCC(=O)NC(CCO)C(C)C. The predicted octanol–water partition coefficient (Wildman–Crippen LogP) is 0.898. The van der Waals surface area contributed by atoms with Crippen LogP contribution in [-0.4, -0.2) is 36.2 Å². The highest BCUT2D eigenvalue weighted by Gasteiger charge is 2.15. The first-order valence-electron chi connectivity index (χ1n) is 6.11. The lowest BCUT2D eigenvalue weighted by Crippen LogP contribution is -2.40. The van der Waals surface area contributed by atoms with Crippen LogP contribution in [0.15, 0.2) is 0 Å². The van der Waals surface area contributed by atoms with E-state index in [0.29, 0.717) is 31.3 Å². The van der Waals surface area contributed by atoms with E-state index in [9.17, 15) is 4.79 Å². The standard InChI is InChI=1S/C12H26N2O2/c1-9(2)11(6-8-15)14-12(16)5-7-13-10(3)4/h9-11,13,15H,5-8H2,1-4H3,(H,14,16). The molecular formula is C12H26N2O2. The Morgan fingerprint density at radius 1 is 1.25 bits per heavy atom. The summed E-state index contributed by atoms with van der Waals surface area (Å²) >= 11 is 0. The number of hydrogen-bond acceptors (Lipinski definition) is 3. The van der Waals surface area contributed by atoms with Gasteiger partial charge in [0.2, 0.25) is 5.91 Å². The molecule has 96 valence electrons. The Hall–Kier alpha value is -0.610. The van der Waals surface area contributed by atoms with E-state index >= 15 is 0 Å². The minimum Gasteiger partial charge on any atom is -0.396 e. The largest absolute Gasteiger partial charge is 0.396 e. The van der Waals surface area contributed by atoms with Crippen LogP contribution in [0.3, 0.4) is 0 Å². The number of aliphatic hydroxyl groups excluding tert-OH is 1. The molecule has 0 aromatic heterocycles.